The summed E-state index contributed by atoms with van der Waals surface area (Å²) in [6.07, 6.45) is 1.92. The number of alkyl halides is 1. The van der Waals surface area contributed by atoms with Crippen molar-refractivity contribution >= 4 is 16.7 Å². The summed E-state index contributed by atoms with van der Waals surface area (Å²) >= 11 is 0. The predicted molar refractivity (Wildman–Crippen MR) is 127 cm³/mol. The minimum Gasteiger partial charge on any atom is -0.388 e. The van der Waals surface area contributed by atoms with E-state index in [-0.39, 0.29) is 13.1 Å². The van der Waals surface area contributed by atoms with Crippen LogP contribution in [0.3, 0.4) is 0 Å². The summed E-state index contributed by atoms with van der Waals surface area (Å²) in [5.41, 5.74) is 3.70. The highest BCUT2D eigenvalue weighted by Crippen LogP contribution is 2.34. The standard InChI is InChI=1S/C25H31FN6O2/c1-15-7-18-10-27-32(25-9-24(28-16(2)29-25)31-11-21(26)23(33)12-31)22(18)8-20(15)17-3-5-30(6-4-17)19-13-34-14-19/h7-10,17,19,21,23,33H,3-6,11-14H2,1-2H3/t21-,23-/m1/s1. The molecule has 0 saturated carbocycles. The van der Waals surface area contributed by atoms with Gasteiger partial charge in [0.1, 0.15) is 23.9 Å². The van der Waals surface area contributed by atoms with E-state index in [1.54, 1.807) is 4.90 Å². The van der Waals surface area contributed by atoms with Gasteiger partial charge in [0.2, 0.25) is 0 Å². The Bertz CT molecular complexity index is 1190. The fraction of sp³-hybridized carbons (Fsp3) is 0.560. The van der Waals surface area contributed by atoms with Gasteiger partial charge in [0, 0.05) is 18.0 Å². The van der Waals surface area contributed by atoms with E-state index in [1.165, 1.54) is 11.1 Å². The van der Waals surface area contributed by atoms with Crippen molar-refractivity contribution in [2.45, 2.75) is 50.9 Å². The minimum atomic E-state index is -1.27. The SMILES string of the molecule is Cc1nc(N2C[C@@H](O)[C@H](F)C2)cc(-n2ncc3cc(C)c(C4CCN(C5COC5)CC4)cc32)n1. The van der Waals surface area contributed by atoms with Crippen LogP contribution in [0.4, 0.5) is 10.2 Å². The van der Waals surface area contributed by atoms with Gasteiger partial charge in [0.05, 0.1) is 37.5 Å². The van der Waals surface area contributed by atoms with Crippen LogP contribution < -0.4 is 4.90 Å². The topological polar surface area (TPSA) is 79.5 Å². The number of aromatic nitrogens is 4. The van der Waals surface area contributed by atoms with Crippen LogP contribution in [0.15, 0.2) is 24.4 Å². The number of likely N-dealkylation sites (tertiary alicyclic amines) is 1. The third-order valence-corrected chi connectivity index (χ3v) is 7.63. The molecule has 1 aromatic carbocycles. The number of aliphatic hydroxyl groups excluding tert-OH is 1. The third kappa shape index (κ3) is 3.85. The van der Waals surface area contributed by atoms with Crippen molar-refractivity contribution in [3.05, 3.63) is 41.3 Å². The van der Waals surface area contributed by atoms with Crippen LogP contribution in [0.25, 0.3) is 16.7 Å². The predicted octanol–water partition coefficient (Wildman–Crippen LogP) is 2.53. The van der Waals surface area contributed by atoms with Crippen molar-refractivity contribution in [2.75, 3.05) is 44.3 Å². The van der Waals surface area contributed by atoms with Gasteiger partial charge in [0.15, 0.2) is 5.82 Å². The number of hydrogen-bond acceptors (Lipinski definition) is 7. The second-order valence-electron chi connectivity index (χ2n) is 9.95. The maximum absolute atomic E-state index is 13.9. The Morgan fingerprint density at radius 2 is 1.79 bits per heavy atom. The number of rotatable bonds is 4. The Kier molecular flexibility index (Phi) is 5.50. The summed E-state index contributed by atoms with van der Waals surface area (Å²) in [4.78, 5) is 13.5. The summed E-state index contributed by atoms with van der Waals surface area (Å²) in [6.45, 7) is 8.35. The Labute approximate surface area is 198 Å². The van der Waals surface area contributed by atoms with Crippen molar-refractivity contribution in [2.24, 2.45) is 0 Å². The molecule has 0 bridgehead atoms. The second kappa shape index (κ2) is 8.55. The number of β-amino-alcohol motifs (C(OH)–C–C–N with tert-alkyl or cyclic N) is 1. The minimum absolute atomic E-state index is 0.131. The first-order valence-corrected chi connectivity index (χ1v) is 12.2. The van der Waals surface area contributed by atoms with Gasteiger partial charge >= 0.3 is 0 Å². The zero-order chi connectivity index (χ0) is 23.4. The van der Waals surface area contributed by atoms with Gasteiger partial charge in [-0.1, -0.05) is 0 Å². The average Bonchev–Trinajstić information content (AvgIpc) is 3.34. The highest BCUT2D eigenvalue weighted by Gasteiger charge is 2.33. The van der Waals surface area contributed by atoms with Crippen LogP contribution in [0, 0.1) is 13.8 Å². The fourth-order valence-corrected chi connectivity index (χ4v) is 5.58. The number of nitrogens with zero attached hydrogens (tertiary/aromatic N) is 6. The molecule has 0 radical (unpaired) electrons. The highest BCUT2D eigenvalue weighted by atomic mass is 19.1. The molecule has 0 amide bonds. The Balaban J connectivity index is 1.31. The largest absolute Gasteiger partial charge is 0.388 e. The monoisotopic (exact) mass is 466 g/mol. The molecule has 180 valence electrons. The van der Waals surface area contributed by atoms with Crippen molar-refractivity contribution < 1.29 is 14.2 Å². The summed E-state index contributed by atoms with van der Waals surface area (Å²) in [7, 11) is 0. The molecule has 3 fully saturated rings. The van der Waals surface area contributed by atoms with Crippen LogP contribution in [0.5, 0.6) is 0 Å². The van der Waals surface area contributed by atoms with E-state index < -0.39 is 12.3 Å². The summed E-state index contributed by atoms with van der Waals surface area (Å²) in [6, 6.07) is 6.94. The molecule has 8 nitrogen and oxygen atoms in total. The number of aliphatic hydroxyl groups is 1. The van der Waals surface area contributed by atoms with Crippen molar-refractivity contribution in [3.8, 4) is 5.82 Å². The molecule has 34 heavy (non-hydrogen) atoms. The van der Waals surface area contributed by atoms with E-state index >= 15 is 0 Å². The van der Waals surface area contributed by atoms with Crippen LogP contribution >= 0.6 is 0 Å². The number of fused-ring (bicyclic) bond motifs is 1. The maximum Gasteiger partial charge on any atom is 0.159 e. The number of benzene rings is 1. The first-order valence-electron chi connectivity index (χ1n) is 12.2. The van der Waals surface area contributed by atoms with Crippen molar-refractivity contribution in [1.82, 2.24) is 24.6 Å². The van der Waals surface area contributed by atoms with E-state index in [0.29, 0.717) is 29.4 Å². The van der Waals surface area contributed by atoms with Gasteiger partial charge in [-0.25, -0.2) is 19.0 Å². The molecule has 9 heteroatoms. The Morgan fingerprint density at radius 3 is 2.47 bits per heavy atom. The summed E-state index contributed by atoms with van der Waals surface area (Å²) in [5, 5.41) is 15.6. The molecule has 0 aliphatic carbocycles. The van der Waals surface area contributed by atoms with Crippen LogP contribution in [-0.4, -0.2) is 87.5 Å². The molecule has 3 aliphatic heterocycles. The number of piperidine rings is 1. The molecule has 3 aliphatic rings. The van der Waals surface area contributed by atoms with E-state index in [1.807, 2.05) is 23.9 Å². The quantitative estimate of drug-likeness (QED) is 0.633. The molecule has 0 spiro atoms. The first kappa shape index (κ1) is 21.9. The molecule has 3 aromatic rings. The van der Waals surface area contributed by atoms with Gasteiger partial charge in [-0.15, -0.1) is 0 Å². The number of halogens is 1. The molecule has 0 unspecified atom stereocenters. The lowest BCUT2D eigenvalue weighted by Crippen LogP contribution is -2.51. The van der Waals surface area contributed by atoms with Crippen LogP contribution in [-0.2, 0) is 4.74 Å². The first-order chi connectivity index (χ1) is 16.5. The lowest BCUT2D eigenvalue weighted by Gasteiger charge is -2.41. The van der Waals surface area contributed by atoms with E-state index in [0.717, 1.165) is 50.0 Å². The van der Waals surface area contributed by atoms with Crippen molar-refractivity contribution in [1.29, 1.82) is 0 Å². The van der Waals surface area contributed by atoms with Crippen molar-refractivity contribution in [3.63, 3.8) is 0 Å². The number of aryl methyl sites for hydroxylation is 2. The van der Waals surface area contributed by atoms with E-state index in [2.05, 4.69) is 39.0 Å². The maximum atomic E-state index is 13.9. The van der Waals surface area contributed by atoms with Crippen LogP contribution in [0.1, 0.15) is 35.7 Å². The molecular formula is C25H31FN6O2. The zero-order valence-corrected chi connectivity index (χ0v) is 19.7. The average molecular weight is 467 g/mol. The smallest absolute Gasteiger partial charge is 0.159 e. The number of hydrogen-bond donors (Lipinski definition) is 1. The molecule has 2 aromatic heterocycles. The number of anilines is 1. The molecule has 2 atom stereocenters. The van der Waals surface area contributed by atoms with Gasteiger partial charge in [-0.05, 0) is 69.0 Å². The van der Waals surface area contributed by atoms with Gasteiger partial charge in [-0.2, -0.15) is 5.10 Å². The van der Waals surface area contributed by atoms with Gasteiger partial charge in [0.25, 0.3) is 0 Å². The molecular weight excluding hydrogens is 435 g/mol. The Morgan fingerprint density at radius 1 is 1.03 bits per heavy atom. The lowest BCUT2D eigenvalue weighted by molar-refractivity contribution is -0.0712. The summed E-state index contributed by atoms with van der Waals surface area (Å²) < 4.78 is 21.2. The fourth-order valence-electron chi connectivity index (χ4n) is 5.58. The lowest BCUT2D eigenvalue weighted by atomic mass is 9.85. The number of ether oxygens (including phenoxy) is 1. The Hall–Kier alpha value is -2.62. The molecule has 1 N–H and O–H groups in total. The molecule has 5 heterocycles. The summed E-state index contributed by atoms with van der Waals surface area (Å²) in [5.74, 6) is 2.39. The molecule has 6 rings (SSSR count). The second-order valence-corrected chi connectivity index (χ2v) is 9.95. The van der Waals surface area contributed by atoms with Gasteiger partial charge in [-0.3, -0.25) is 4.90 Å². The van der Waals surface area contributed by atoms with Gasteiger partial charge < -0.3 is 14.7 Å². The van der Waals surface area contributed by atoms with Crippen LogP contribution in [0.2, 0.25) is 0 Å². The third-order valence-electron chi connectivity index (χ3n) is 7.63. The van der Waals surface area contributed by atoms with E-state index in [9.17, 15) is 9.50 Å². The van der Waals surface area contributed by atoms with E-state index in [4.69, 9.17) is 4.74 Å². The molecule has 3 saturated heterocycles. The highest BCUT2D eigenvalue weighted by molar-refractivity contribution is 5.82. The normalized spacial score (nSPS) is 24.8. The zero-order valence-electron chi connectivity index (χ0n) is 19.7.